The number of carboxylic acid groups (broad SMARTS) is 1. The molecule has 1 aromatic heterocycles. The van der Waals surface area contributed by atoms with E-state index < -0.39 is 17.7 Å². The summed E-state index contributed by atoms with van der Waals surface area (Å²) in [6, 6.07) is 35.6. The number of rotatable bonds is 13. The van der Waals surface area contributed by atoms with Crippen LogP contribution < -0.4 is 4.74 Å². The van der Waals surface area contributed by atoms with E-state index in [-0.39, 0.29) is 11.5 Å². The van der Waals surface area contributed by atoms with Gasteiger partial charge in [0, 0.05) is 11.1 Å². The number of aromatic amines is 1. The first-order valence-electron chi connectivity index (χ1n) is 16.0. The van der Waals surface area contributed by atoms with Crippen LogP contribution in [0.25, 0.3) is 28.6 Å². The van der Waals surface area contributed by atoms with E-state index in [1.807, 2.05) is 72.8 Å². The van der Waals surface area contributed by atoms with Gasteiger partial charge in [-0.25, -0.2) is 4.79 Å². The smallest absolute Gasteiger partial charge is 0.416 e. The summed E-state index contributed by atoms with van der Waals surface area (Å²) in [6.45, 7) is 0.320. The number of aromatic nitrogens is 4. The summed E-state index contributed by atoms with van der Waals surface area (Å²) in [6.07, 6.45) is 2.30. The zero-order valence-corrected chi connectivity index (χ0v) is 26.8. The zero-order chi connectivity index (χ0) is 34.9. The molecule has 0 saturated carbocycles. The van der Waals surface area contributed by atoms with Crippen molar-refractivity contribution in [2.45, 2.75) is 32.0 Å². The number of allylic oxidation sites excluding steroid dienone is 1. The molecule has 1 unspecified atom stereocenters. The van der Waals surface area contributed by atoms with E-state index in [4.69, 9.17) is 4.74 Å². The molecule has 252 valence electrons. The third-order valence-corrected chi connectivity index (χ3v) is 8.42. The second-order valence-electron chi connectivity index (χ2n) is 11.9. The molecule has 10 heteroatoms. The number of ether oxygens (including phenoxy) is 1. The Bertz CT molecular complexity index is 2030. The predicted octanol–water partition coefficient (Wildman–Crippen LogP) is 9.33. The Labute approximate surface area is 287 Å². The average molecular weight is 675 g/mol. The van der Waals surface area contributed by atoms with Crippen LogP contribution in [0.2, 0.25) is 0 Å². The zero-order valence-electron chi connectivity index (χ0n) is 26.8. The lowest BCUT2D eigenvalue weighted by Gasteiger charge is -2.15. The van der Waals surface area contributed by atoms with Crippen LogP contribution in [0.15, 0.2) is 127 Å². The third-order valence-electron chi connectivity index (χ3n) is 8.42. The van der Waals surface area contributed by atoms with E-state index in [9.17, 15) is 23.1 Å². The highest BCUT2D eigenvalue weighted by Crippen LogP contribution is 2.31. The van der Waals surface area contributed by atoms with Gasteiger partial charge in [0.2, 0.25) is 5.82 Å². The Morgan fingerprint density at radius 1 is 0.780 bits per heavy atom. The standard InChI is InChI=1S/C40H33F3N4O3/c41-40(42,43)36-23-21-32(22-24-36)31-14-12-30(13-15-31)26-50-37-4-2-1-3-33(37)16-9-28(6-5-27-7-19-35(20-8-27)39(48)49)25-29-10-17-34(18-11-29)38-44-46-47-45-38/h1-4,7-24,28H,5-6,25-26H2,(H,48,49)(H,44,45,46,47). The number of H-pyrrole nitrogens is 1. The van der Waals surface area contributed by atoms with E-state index in [1.54, 1.807) is 12.1 Å². The molecule has 0 aliphatic rings. The number of benzene rings is 5. The summed E-state index contributed by atoms with van der Waals surface area (Å²) in [5, 5.41) is 23.5. The van der Waals surface area contributed by atoms with Crippen LogP contribution in [-0.4, -0.2) is 31.7 Å². The first-order chi connectivity index (χ1) is 24.2. The number of halogens is 3. The van der Waals surface area contributed by atoms with Crippen molar-refractivity contribution in [1.29, 1.82) is 0 Å². The van der Waals surface area contributed by atoms with Gasteiger partial charge in [-0.15, -0.1) is 10.2 Å². The monoisotopic (exact) mass is 674 g/mol. The van der Waals surface area contributed by atoms with Gasteiger partial charge < -0.3 is 9.84 Å². The fourth-order valence-corrected chi connectivity index (χ4v) is 5.60. The number of carbonyl (C=O) groups is 1. The van der Waals surface area contributed by atoms with Crippen molar-refractivity contribution < 1.29 is 27.8 Å². The Balaban J connectivity index is 1.14. The second-order valence-corrected chi connectivity index (χ2v) is 11.9. The molecule has 0 radical (unpaired) electrons. The minimum atomic E-state index is -4.37. The quantitative estimate of drug-likeness (QED) is 0.127. The molecule has 0 spiro atoms. The molecule has 6 aromatic rings. The third kappa shape index (κ3) is 8.90. The van der Waals surface area contributed by atoms with E-state index >= 15 is 0 Å². The molecule has 0 aliphatic carbocycles. The number of hydrogen-bond acceptors (Lipinski definition) is 5. The molecule has 1 heterocycles. The van der Waals surface area contributed by atoms with Gasteiger partial charge in [-0.1, -0.05) is 103 Å². The highest BCUT2D eigenvalue weighted by atomic mass is 19.4. The lowest BCUT2D eigenvalue weighted by atomic mass is 9.91. The van der Waals surface area contributed by atoms with Gasteiger partial charge in [-0.3, -0.25) is 0 Å². The predicted molar refractivity (Wildman–Crippen MR) is 185 cm³/mol. The molecule has 0 aliphatic heterocycles. The first-order valence-corrected chi connectivity index (χ1v) is 16.0. The van der Waals surface area contributed by atoms with Crippen molar-refractivity contribution in [3.8, 4) is 28.3 Å². The summed E-state index contributed by atoms with van der Waals surface area (Å²) in [5.41, 5.74) is 6.05. The molecule has 2 N–H and O–H groups in total. The largest absolute Gasteiger partial charge is 0.488 e. The molecule has 5 aromatic carbocycles. The van der Waals surface area contributed by atoms with Crippen molar-refractivity contribution in [3.63, 3.8) is 0 Å². The lowest BCUT2D eigenvalue weighted by Crippen LogP contribution is -2.04. The number of aromatic carboxylic acids is 1. The Morgan fingerprint density at radius 3 is 2.04 bits per heavy atom. The molecular weight excluding hydrogens is 641 g/mol. The van der Waals surface area contributed by atoms with Crippen LogP contribution in [0, 0.1) is 5.92 Å². The maximum Gasteiger partial charge on any atom is 0.416 e. The number of alkyl halides is 3. The SMILES string of the molecule is O=C(O)c1ccc(CCC(C=Cc2ccccc2OCc2ccc(-c3ccc(C(F)(F)F)cc3)cc2)Cc2ccc(-c3nn[nH]n3)cc2)cc1. The summed E-state index contributed by atoms with van der Waals surface area (Å²) in [7, 11) is 0. The number of hydrogen-bond donors (Lipinski definition) is 2. The van der Waals surface area contributed by atoms with Crippen molar-refractivity contribution in [2.24, 2.45) is 5.92 Å². The molecule has 6 rings (SSSR count). The van der Waals surface area contributed by atoms with Gasteiger partial charge in [0.1, 0.15) is 12.4 Å². The fraction of sp³-hybridized carbons (Fsp3) is 0.150. The molecule has 0 fully saturated rings. The first kappa shape index (κ1) is 33.9. The van der Waals surface area contributed by atoms with Crippen LogP contribution in [-0.2, 0) is 25.6 Å². The lowest BCUT2D eigenvalue weighted by molar-refractivity contribution is -0.137. The molecule has 1 atom stereocenters. The molecule has 7 nitrogen and oxygen atoms in total. The van der Waals surface area contributed by atoms with Gasteiger partial charge in [-0.2, -0.15) is 18.4 Å². The number of aryl methyl sites for hydroxylation is 1. The van der Waals surface area contributed by atoms with Crippen molar-refractivity contribution in [3.05, 3.63) is 161 Å². The van der Waals surface area contributed by atoms with Crippen LogP contribution >= 0.6 is 0 Å². The Hall–Kier alpha value is -6.03. The molecule has 0 amide bonds. The molecule has 0 saturated heterocycles. The molecule has 0 bridgehead atoms. The van der Waals surface area contributed by atoms with Gasteiger partial charge in [0.25, 0.3) is 0 Å². The second kappa shape index (κ2) is 15.5. The van der Waals surface area contributed by atoms with Gasteiger partial charge >= 0.3 is 12.1 Å². The normalized spacial score (nSPS) is 12.2. The van der Waals surface area contributed by atoms with Crippen molar-refractivity contribution in [1.82, 2.24) is 20.6 Å². The van der Waals surface area contributed by atoms with E-state index in [2.05, 4.69) is 44.9 Å². The van der Waals surface area contributed by atoms with E-state index in [1.165, 1.54) is 12.1 Å². The summed E-state index contributed by atoms with van der Waals surface area (Å²) < 4.78 is 45.1. The maximum atomic E-state index is 12.9. The van der Waals surface area contributed by atoms with E-state index in [0.29, 0.717) is 18.0 Å². The highest BCUT2D eigenvalue weighted by Gasteiger charge is 2.30. The van der Waals surface area contributed by atoms with Crippen LogP contribution in [0.5, 0.6) is 5.75 Å². The fourth-order valence-electron chi connectivity index (χ4n) is 5.60. The van der Waals surface area contributed by atoms with Crippen molar-refractivity contribution >= 4 is 12.0 Å². The minimum Gasteiger partial charge on any atom is -0.488 e. The molecular formula is C40H33F3N4O3. The van der Waals surface area contributed by atoms with Crippen LogP contribution in [0.3, 0.4) is 0 Å². The average Bonchev–Trinajstić information content (AvgIpc) is 3.68. The van der Waals surface area contributed by atoms with Gasteiger partial charge in [0.15, 0.2) is 0 Å². The number of para-hydroxylation sites is 1. The van der Waals surface area contributed by atoms with Gasteiger partial charge in [-0.05, 0) is 88.5 Å². The summed E-state index contributed by atoms with van der Waals surface area (Å²) in [4.78, 5) is 11.3. The summed E-state index contributed by atoms with van der Waals surface area (Å²) >= 11 is 0. The maximum absolute atomic E-state index is 12.9. The van der Waals surface area contributed by atoms with Crippen LogP contribution in [0.1, 0.15) is 44.6 Å². The number of tetrazole rings is 1. The van der Waals surface area contributed by atoms with Crippen LogP contribution in [0.4, 0.5) is 13.2 Å². The number of nitrogens with zero attached hydrogens (tertiary/aromatic N) is 3. The van der Waals surface area contributed by atoms with E-state index in [0.717, 1.165) is 70.5 Å². The van der Waals surface area contributed by atoms with Crippen molar-refractivity contribution in [2.75, 3.05) is 0 Å². The number of nitrogens with one attached hydrogen (secondary N) is 1. The summed E-state index contributed by atoms with van der Waals surface area (Å²) in [5.74, 6) is 0.473. The minimum absolute atomic E-state index is 0.163. The topological polar surface area (TPSA) is 101 Å². The Kier molecular flexibility index (Phi) is 10.5. The Morgan fingerprint density at radius 2 is 1.40 bits per heavy atom. The van der Waals surface area contributed by atoms with Gasteiger partial charge in [0.05, 0.1) is 11.1 Å². The number of carboxylic acids is 1. The molecule has 50 heavy (non-hydrogen) atoms. The highest BCUT2D eigenvalue weighted by molar-refractivity contribution is 5.87.